The van der Waals surface area contributed by atoms with Gasteiger partial charge in [0.05, 0.1) is 24.0 Å². The first kappa shape index (κ1) is 43.9. The van der Waals surface area contributed by atoms with Gasteiger partial charge in [-0.05, 0) is 178 Å². The Bertz CT molecular complexity index is 1790. The van der Waals surface area contributed by atoms with Crippen molar-refractivity contribution in [2.24, 2.45) is 56.7 Å². The zero-order chi connectivity index (χ0) is 42.4. The molecule has 7 heteroatoms. The Morgan fingerprint density at radius 2 is 1.47 bits per heavy atom. The molecule has 0 saturated heterocycles. The molecule has 0 radical (unpaired) electrons. The Labute approximate surface area is 346 Å². The Kier molecular flexibility index (Phi) is 11.2. The van der Waals surface area contributed by atoms with Crippen LogP contribution in [0.3, 0.4) is 0 Å². The van der Waals surface area contributed by atoms with E-state index in [2.05, 4.69) is 93.3 Å². The van der Waals surface area contributed by atoms with E-state index in [1.807, 2.05) is 39.8 Å². The molecule has 57 heavy (non-hydrogen) atoms. The van der Waals surface area contributed by atoms with Gasteiger partial charge in [0, 0.05) is 0 Å². The van der Waals surface area contributed by atoms with Crippen molar-refractivity contribution in [1.82, 2.24) is 0 Å². The van der Waals surface area contributed by atoms with E-state index >= 15 is 0 Å². The zero-order valence-corrected chi connectivity index (χ0v) is 39.2. The molecule has 9 atom stereocenters. The highest BCUT2D eigenvalue weighted by molar-refractivity contribution is 6.75. The normalized spacial score (nSPS) is 36.0. The predicted octanol–water partition coefficient (Wildman–Crippen LogP) is 12.8. The molecule has 1 aromatic carbocycles. The van der Waals surface area contributed by atoms with E-state index < -0.39 is 19.3 Å². The van der Waals surface area contributed by atoms with Crippen molar-refractivity contribution in [2.75, 3.05) is 6.61 Å². The highest BCUT2D eigenvalue weighted by Gasteiger charge is 2.72. The average molecular weight is 801 g/mol. The average Bonchev–Trinajstić information content (AvgIpc) is 3.48. The van der Waals surface area contributed by atoms with Crippen LogP contribution in [-0.4, -0.2) is 38.4 Å². The van der Waals surface area contributed by atoms with Crippen molar-refractivity contribution in [2.45, 2.75) is 171 Å². The van der Waals surface area contributed by atoms with Crippen molar-refractivity contribution in [3.63, 3.8) is 0 Å². The van der Waals surface area contributed by atoms with Crippen LogP contribution in [0.4, 0.5) is 0 Å². The number of allylic oxidation sites excluding steroid dienone is 2. The first-order valence-electron chi connectivity index (χ1n) is 22.3. The van der Waals surface area contributed by atoms with Crippen LogP contribution in [0.1, 0.15) is 163 Å². The van der Waals surface area contributed by atoms with E-state index in [-0.39, 0.29) is 62.9 Å². The SMILES string of the molecule is C=C(CC(=O)OCC)[C@@H]1CC[C@]2(C(=O)O[Si](C)(C)C(C)(C)C)CC[C@]3(C)[C@H](CC[C@@H]4[C@@]5(C)CC=C(c6ccc(C(=O)OC(C)(C)C)cc6)C(C)(C)C5CC[C@]43C)[C@@H]12. The largest absolute Gasteiger partial charge is 0.519 e. The van der Waals surface area contributed by atoms with Gasteiger partial charge in [-0.1, -0.05) is 85.8 Å². The monoisotopic (exact) mass is 801 g/mol. The summed E-state index contributed by atoms with van der Waals surface area (Å²) in [6.45, 7) is 36.3. The van der Waals surface area contributed by atoms with E-state index in [4.69, 9.17) is 13.9 Å². The molecule has 1 aromatic rings. The van der Waals surface area contributed by atoms with Crippen LogP contribution < -0.4 is 0 Å². The topological polar surface area (TPSA) is 78.9 Å². The number of ether oxygens (including phenoxy) is 2. The number of esters is 2. The number of hydrogen-bond acceptors (Lipinski definition) is 6. The molecule has 6 nitrogen and oxygen atoms in total. The lowest BCUT2D eigenvalue weighted by Gasteiger charge is -2.72. The van der Waals surface area contributed by atoms with Gasteiger partial charge in [-0.15, -0.1) is 0 Å². The fourth-order valence-electron chi connectivity index (χ4n) is 13.6. The lowest BCUT2D eigenvalue weighted by atomic mass is 9.32. The number of benzene rings is 1. The molecule has 0 amide bonds. The third kappa shape index (κ3) is 7.13. The summed E-state index contributed by atoms with van der Waals surface area (Å²) in [5.41, 5.74) is 3.26. The predicted molar refractivity (Wildman–Crippen MR) is 233 cm³/mol. The minimum absolute atomic E-state index is 0.0290. The second-order valence-electron chi connectivity index (χ2n) is 22.9. The highest BCUT2D eigenvalue weighted by Crippen LogP contribution is 2.78. The molecule has 316 valence electrons. The van der Waals surface area contributed by atoms with E-state index in [1.54, 1.807) is 0 Å². The maximum atomic E-state index is 14.9. The summed E-state index contributed by atoms with van der Waals surface area (Å²) in [4.78, 5) is 40.7. The summed E-state index contributed by atoms with van der Waals surface area (Å²) in [5.74, 6) is 1.14. The fraction of sp³-hybridized carbons (Fsp3) is 0.740. The van der Waals surface area contributed by atoms with E-state index in [1.165, 1.54) is 17.6 Å². The molecule has 5 aliphatic carbocycles. The Morgan fingerprint density at radius 1 is 0.825 bits per heavy atom. The minimum Gasteiger partial charge on any atom is -0.519 e. The van der Waals surface area contributed by atoms with Gasteiger partial charge >= 0.3 is 11.9 Å². The number of hydrogen-bond donors (Lipinski definition) is 0. The first-order chi connectivity index (χ1) is 26.2. The van der Waals surface area contributed by atoms with Gasteiger partial charge < -0.3 is 13.9 Å². The van der Waals surface area contributed by atoms with Gasteiger partial charge in [-0.3, -0.25) is 9.59 Å². The van der Waals surface area contributed by atoms with Gasteiger partial charge in [-0.25, -0.2) is 4.79 Å². The van der Waals surface area contributed by atoms with Crippen LogP contribution in [0.5, 0.6) is 0 Å². The second-order valence-corrected chi connectivity index (χ2v) is 27.6. The third-order valence-electron chi connectivity index (χ3n) is 17.6. The molecule has 0 aliphatic heterocycles. The van der Waals surface area contributed by atoms with E-state index in [0.29, 0.717) is 29.9 Å². The lowest BCUT2D eigenvalue weighted by molar-refractivity contribution is -0.227. The van der Waals surface area contributed by atoms with Crippen molar-refractivity contribution in [3.8, 4) is 0 Å². The van der Waals surface area contributed by atoms with Crippen molar-refractivity contribution < 1.29 is 28.3 Å². The minimum atomic E-state index is -2.37. The molecule has 0 bridgehead atoms. The van der Waals surface area contributed by atoms with Crippen LogP contribution in [0, 0.1) is 56.7 Å². The molecule has 4 fully saturated rings. The van der Waals surface area contributed by atoms with Crippen LogP contribution >= 0.6 is 0 Å². The lowest BCUT2D eigenvalue weighted by Crippen LogP contribution is -2.66. The van der Waals surface area contributed by atoms with Crippen molar-refractivity contribution in [3.05, 3.63) is 53.6 Å². The molecule has 0 aromatic heterocycles. The number of carbonyl (C=O) groups is 3. The van der Waals surface area contributed by atoms with Gasteiger partial charge in [0.15, 0.2) is 0 Å². The molecule has 4 saturated carbocycles. The van der Waals surface area contributed by atoms with Gasteiger partial charge in [-0.2, -0.15) is 0 Å². The summed E-state index contributed by atoms with van der Waals surface area (Å²) in [5, 5.41) is -0.0747. The Morgan fingerprint density at radius 3 is 2.07 bits per heavy atom. The standard InChI is InChI=1S/C50H76O6Si/c1-16-54-40(51)31-32(2)35-23-28-50(43(53)56-57(14,15)45(6,7)8)30-29-48(12)37(41(35)50)21-22-39-47(11)26-24-36(46(9,10)38(47)25-27-49(39,48)13)33-17-19-34(20-18-33)42(52)55-44(3,4)5/h17-20,24,35,37-39,41H,2,16,21-23,25-31H2,1,3-15H3/t35-,37+,38?,39+,41+,47-,48+,49+,50-/m0/s1. The summed E-state index contributed by atoms with van der Waals surface area (Å²) in [6.07, 6.45) is 11.9. The highest BCUT2D eigenvalue weighted by atomic mass is 28.4. The van der Waals surface area contributed by atoms with Crippen LogP contribution in [0.2, 0.25) is 18.1 Å². The molecular weight excluding hydrogens is 725 g/mol. The van der Waals surface area contributed by atoms with Gasteiger partial charge in [0.2, 0.25) is 0 Å². The van der Waals surface area contributed by atoms with Crippen LogP contribution in [0.15, 0.2) is 42.5 Å². The third-order valence-corrected chi connectivity index (χ3v) is 21.9. The summed E-state index contributed by atoms with van der Waals surface area (Å²) < 4.78 is 17.9. The van der Waals surface area contributed by atoms with Crippen molar-refractivity contribution >= 4 is 31.8 Å². The number of carbonyl (C=O) groups excluding carboxylic acids is 3. The van der Waals surface area contributed by atoms with E-state index in [0.717, 1.165) is 56.9 Å². The van der Waals surface area contributed by atoms with E-state index in [9.17, 15) is 14.4 Å². The Balaban J connectivity index is 1.33. The summed E-state index contributed by atoms with van der Waals surface area (Å²) in [6, 6.07) is 8.09. The summed E-state index contributed by atoms with van der Waals surface area (Å²) >= 11 is 0. The Hall–Kier alpha value is -2.67. The van der Waals surface area contributed by atoms with Crippen LogP contribution in [0.25, 0.3) is 5.57 Å². The molecule has 0 spiro atoms. The zero-order valence-electron chi connectivity index (χ0n) is 38.2. The molecule has 6 rings (SSSR count). The van der Waals surface area contributed by atoms with Gasteiger partial charge in [0.25, 0.3) is 14.3 Å². The summed E-state index contributed by atoms with van der Waals surface area (Å²) in [7, 11) is -2.37. The first-order valence-corrected chi connectivity index (χ1v) is 25.2. The molecule has 5 aliphatic rings. The molecule has 0 N–H and O–H groups in total. The second kappa shape index (κ2) is 14.5. The number of fused-ring (bicyclic) bond motifs is 7. The molecular formula is C50H76O6Si. The van der Waals surface area contributed by atoms with Crippen LogP contribution in [-0.2, 0) is 23.5 Å². The number of rotatable bonds is 8. The molecule has 0 heterocycles. The quantitative estimate of drug-likeness (QED) is 0.148. The maximum Gasteiger partial charge on any atom is 0.338 e. The van der Waals surface area contributed by atoms with Crippen molar-refractivity contribution in [1.29, 1.82) is 0 Å². The molecule has 1 unspecified atom stereocenters. The fourth-order valence-corrected chi connectivity index (χ4v) is 14.6. The maximum absolute atomic E-state index is 14.9. The van der Waals surface area contributed by atoms with Gasteiger partial charge in [0.1, 0.15) is 5.60 Å². The smallest absolute Gasteiger partial charge is 0.338 e.